The van der Waals surface area contributed by atoms with Crippen LogP contribution in [-0.2, 0) is 23.1 Å². The minimum Gasteiger partial charge on any atom is -0.305 e. The third-order valence-electron chi connectivity index (χ3n) is 2.94. The summed E-state index contributed by atoms with van der Waals surface area (Å²) in [7, 11) is 3.39. The lowest BCUT2D eigenvalue weighted by atomic mass is 10.2. The van der Waals surface area contributed by atoms with Crippen LogP contribution in [0.2, 0.25) is 0 Å². The number of hydrogen-bond donors (Lipinski definition) is 1. The third kappa shape index (κ3) is 2.52. The van der Waals surface area contributed by atoms with Crippen molar-refractivity contribution < 1.29 is 9.59 Å². The number of carbonyl (C=O) groups is 2. The van der Waals surface area contributed by atoms with Gasteiger partial charge >= 0.3 is 0 Å². The largest absolute Gasteiger partial charge is 0.305 e. The van der Waals surface area contributed by atoms with Crippen LogP contribution in [0.5, 0.6) is 0 Å². The average molecular weight is 236 g/mol. The summed E-state index contributed by atoms with van der Waals surface area (Å²) in [5.41, 5.74) is 1.12. The van der Waals surface area contributed by atoms with E-state index in [1.165, 1.54) is 11.9 Å². The molecule has 6 nitrogen and oxygen atoms in total. The van der Waals surface area contributed by atoms with E-state index in [0.717, 1.165) is 12.0 Å². The fourth-order valence-electron chi connectivity index (χ4n) is 1.91. The van der Waals surface area contributed by atoms with Crippen LogP contribution in [0.1, 0.15) is 12.0 Å². The molecule has 1 aromatic heterocycles. The van der Waals surface area contributed by atoms with Gasteiger partial charge in [-0.15, -0.1) is 0 Å². The van der Waals surface area contributed by atoms with Gasteiger partial charge in [-0.2, -0.15) is 5.10 Å². The quantitative estimate of drug-likeness (QED) is 0.703. The Labute approximate surface area is 99.6 Å². The van der Waals surface area contributed by atoms with E-state index in [4.69, 9.17) is 0 Å². The fraction of sp³-hybridized carbons (Fsp3) is 0.545. The summed E-state index contributed by atoms with van der Waals surface area (Å²) in [6.45, 7) is 0.670. The molecule has 0 radical (unpaired) electrons. The van der Waals surface area contributed by atoms with Crippen molar-refractivity contribution in [1.82, 2.24) is 20.0 Å². The van der Waals surface area contributed by atoms with Gasteiger partial charge in [0, 0.05) is 26.8 Å². The second-order valence-corrected chi connectivity index (χ2v) is 4.27. The Bertz CT molecular complexity index is 440. The number of hydrogen-bond acceptors (Lipinski definition) is 4. The molecule has 1 fully saturated rings. The summed E-state index contributed by atoms with van der Waals surface area (Å²) in [4.78, 5) is 24.1. The SMILES string of the molecule is CN1C(=O)CC(NCCc2cnn(C)c2)C1=O. The Kier molecular flexibility index (Phi) is 3.23. The zero-order valence-corrected chi connectivity index (χ0v) is 10.0. The molecule has 2 heterocycles. The van der Waals surface area contributed by atoms with Crippen molar-refractivity contribution in [2.24, 2.45) is 7.05 Å². The van der Waals surface area contributed by atoms with Gasteiger partial charge in [0.25, 0.3) is 0 Å². The van der Waals surface area contributed by atoms with Crippen LogP contribution in [0.25, 0.3) is 0 Å². The Morgan fingerprint density at radius 2 is 2.24 bits per heavy atom. The molecule has 0 aliphatic carbocycles. The van der Waals surface area contributed by atoms with Gasteiger partial charge in [0.05, 0.1) is 18.7 Å². The minimum atomic E-state index is -0.357. The molecular weight excluding hydrogens is 220 g/mol. The van der Waals surface area contributed by atoms with E-state index in [9.17, 15) is 9.59 Å². The molecule has 0 bridgehead atoms. The van der Waals surface area contributed by atoms with Crippen LogP contribution in [0.15, 0.2) is 12.4 Å². The zero-order valence-electron chi connectivity index (χ0n) is 10.0. The summed E-state index contributed by atoms with van der Waals surface area (Å²) >= 11 is 0. The van der Waals surface area contributed by atoms with Crippen LogP contribution in [-0.4, -0.2) is 46.1 Å². The predicted octanol–water partition coefficient (Wildman–Crippen LogP) is -0.690. The molecule has 1 atom stereocenters. The maximum Gasteiger partial charge on any atom is 0.246 e. The summed E-state index contributed by atoms with van der Waals surface area (Å²) in [6.07, 6.45) is 4.81. The highest BCUT2D eigenvalue weighted by molar-refractivity contribution is 6.05. The molecule has 0 spiro atoms. The Morgan fingerprint density at radius 3 is 2.76 bits per heavy atom. The lowest BCUT2D eigenvalue weighted by Gasteiger charge is -2.10. The van der Waals surface area contributed by atoms with Gasteiger partial charge in [0.15, 0.2) is 0 Å². The second kappa shape index (κ2) is 4.67. The Morgan fingerprint density at radius 1 is 1.47 bits per heavy atom. The molecule has 0 aromatic carbocycles. The maximum atomic E-state index is 11.6. The number of nitrogens with one attached hydrogen (secondary N) is 1. The number of aromatic nitrogens is 2. The molecule has 2 amide bonds. The van der Waals surface area contributed by atoms with Gasteiger partial charge in [-0.05, 0) is 12.0 Å². The Balaban J connectivity index is 1.80. The van der Waals surface area contributed by atoms with E-state index in [2.05, 4.69) is 10.4 Å². The first-order chi connectivity index (χ1) is 8.08. The van der Waals surface area contributed by atoms with Gasteiger partial charge in [0.2, 0.25) is 11.8 Å². The lowest BCUT2D eigenvalue weighted by molar-refractivity contribution is -0.137. The standard InChI is InChI=1S/C11H16N4O2/c1-14-7-8(6-13-14)3-4-12-9-5-10(16)15(2)11(9)17/h6-7,9,12H,3-5H2,1-2H3. The topological polar surface area (TPSA) is 67.2 Å². The number of nitrogens with zero attached hydrogens (tertiary/aromatic N) is 3. The minimum absolute atomic E-state index is 0.117. The number of imide groups is 1. The van der Waals surface area contributed by atoms with Crippen LogP contribution in [0, 0.1) is 0 Å². The van der Waals surface area contributed by atoms with Gasteiger partial charge in [-0.1, -0.05) is 0 Å². The van der Waals surface area contributed by atoms with Crippen molar-refractivity contribution in [2.45, 2.75) is 18.9 Å². The van der Waals surface area contributed by atoms with Crippen molar-refractivity contribution in [3.63, 3.8) is 0 Å². The van der Waals surface area contributed by atoms with Crippen LogP contribution < -0.4 is 5.32 Å². The van der Waals surface area contributed by atoms with Crippen molar-refractivity contribution in [3.05, 3.63) is 18.0 Å². The molecule has 1 aliphatic heterocycles. The third-order valence-corrected chi connectivity index (χ3v) is 2.94. The van der Waals surface area contributed by atoms with Gasteiger partial charge < -0.3 is 5.32 Å². The summed E-state index contributed by atoms with van der Waals surface area (Å²) in [5.74, 6) is -0.255. The van der Waals surface area contributed by atoms with Crippen molar-refractivity contribution in [1.29, 1.82) is 0 Å². The lowest BCUT2D eigenvalue weighted by Crippen LogP contribution is -2.38. The van der Waals surface area contributed by atoms with E-state index >= 15 is 0 Å². The molecule has 17 heavy (non-hydrogen) atoms. The van der Waals surface area contributed by atoms with Crippen molar-refractivity contribution in [2.75, 3.05) is 13.6 Å². The van der Waals surface area contributed by atoms with E-state index < -0.39 is 0 Å². The molecule has 1 aliphatic rings. The highest BCUT2D eigenvalue weighted by Gasteiger charge is 2.35. The van der Waals surface area contributed by atoms with Crippen LogP contribution in [0.3, 0.4) is 0 Å². The molecule has 1 aromatic rings. The van der Waals surface area contributed by atoms with E-state index in [0.29, 0.717) is 6.54 Å². The first-order valence-electron chi connectivity index (χ1n) is 5.59. The first-order valence-corrected chi connectivity index (χ1v) is 5.59. The number of aryl methyl sites for hydroxylation is 1. The zero-order chi connectivity index (χ0) is 12.4. The van der Waals surface area contributed by atoms with Crippen LogP contribution >= 0.6 is 0 Å². The number of carbonyl (C=O) groups excluding carboxylic acids is 2. The summed E-state index contributed by atoms with van der Waals surface area (Å²) in [6, 6.07) is -0.357. The number of rotatable bonds is 4. The summed E-state index contributed by atoms with van der Waals surface area (Å²) in [5, 5.41) is 7.17. The summed E-state index contributed by atoms with van der Waals surface area (Å²) < 4.78 is 1.74. The molecule has 1 saturated heterocycles. The smallest absolute Gasteiger partial charge is 0.246 e. The van der Waals surface area contributed by atoms with Gasteiger partial charge in [-0.3, -0.25) is 19.2 Å². The number of likely N-dealkylation sites (N-methyl/N-ethyl adjacent to an activating group) is 1. The molecule has 1 unspecified atom stereocenters. The van der Waals surface area contributed by atoms with Crippen molar-refractivity contribution >= 4 is 11.8 Å². The predicted molar refractivity (Wildman–Crippen MR) is 61.1 cm³/mol. The molecular formula is C11H16N4O2. The molecule has 6 heteroatoms. The molecule has 1 N–H and O–H groups in total. The highest BCUT2D eigenvalue weighted by Crippen LogP contribution is 2.10. The number of amides is 2. The normalized spacial score (nSPS) is 20.4. The molecule has 2 rings (SSSR count). The van der Waals surface area contributed by atoms with E-state index in [1.807, 2.05) is 13.2 Å². The first kappa shape index (κ1) is 11.8. The van der Waals surface area contributed by atoms with Gasteiger partial charge in [-0.25, -0.2) is 0 Å². The average Bonchev–Trinajstić information content (AvgIpc) is 2.80. The molecule has 92 valence electrons. The fourth-order valence-corrected chi connectivity index (χ4v) is 1.91. The van der Waals surface area contributed by atoms with Crippen molar-refractivity contribution in [3.8, 4) is 0 Å². The van der Waals surface area contributed by atoms with Gasteiger partial charge in [0.1, 0.15) is 0 Å². The second-order valence-electron chi connectivity index (χ2n) is 4.27. The number of likely N-dealkylation sites (tertiary alicyclic amines) is 1. The Hall–Kier alpha value is -1.69. The maximum absolute atomic E-state index is 11.6. The van der Waals surface area contributed by atoms with E-state index in [1.54, 1.807) is 10.9 Å². The van der Waals surface area contributed by atoms with Crippen LogP contribution in [0.4, 0.5) is 0 Å². The monoisotopic (exact) mass is 236 g/mol. The van der Waals surface area contributed by atoms with E-state index in [-0.39, 0.29) is 24.3 Å². The molecule has 0 saturated carbocycles. The highest BCUT2D eigenvalue weighted by atomic mass is 16.2.